The molecule has 25 heavy (non-hydrogen) atoms. The van der Waals surface area contributed by atoms with Crippen LogP contribution < -0.4 is 10.8 Å². The molecule has 0 spiro atoms. The molecule has 0 radical (unpaired) electrons. The summed E-state index contributed by atoms with van der Waals surface area (Å²) in [5.41, 5.74) is 3.66. The van der Waals surface area contributed by atoms with Crippen molar-refractivity contribution in [2.45, 2.75) is 26.5 Å². The molecule has 5 nitrogen and oxygen atoms in total. The van der Waals surface area contributed by atoms with Gasteiger partial charge in [0.15, 0.2) is 0 Å². The number of benzene rings is 2. The number of hydrogen-bond donors (Lipinski definition) is 2. The lowest BCUT2D eigenvalue weighted by molar-refractivity contribution is -0.137. The smallest absolute Gasteiger partial charge is 0.266 e. The molecule has 0 bridgehead atoms. The SMILES string of the molecule is CC(C)C(NC(=O)c1ccccc1Cl)C(=O)NOCc1ccccc1. The minimum atomic E-state index is -0.737. The lowest BCUT2D eigenvalue weighted by Gasteiger charge is -2.21. The molecule has 0 heterocycles. The molecule has 2 aromatic carbocycles. The molecule has 0 saturated carbocycles. The van der Waals surface area contributed by atoms with Crippen molar-refractivity contribution < 1.29 is 14.4 Å². The predicted octanol–water partition coefficient (Wildman–Crippen LogP) is 3.34. The summed E-state index contributed by atoms with van der Waals surface area (Å²) in [7, 11) is 0. The van der Waals surface area contributed by atoms with Crippen LogP contribution in [0.2, 0.25) is 5.02 Å². The Labute approximate surface area is 152 Å². The van der Waals surface area contributed by atoms with E-state index in [2.05, 4.69) is 10.8 Å². The van der Waals surface area contributed by atoms with Gasteiger partial charge in [0.25, 0.3) is 11.8 Å². The van der Waals surface area contributed by atoms with Gasteiger partial charge in [0.05, 0.1) is 17.2 Å². The van der Waals surface area contributed by atoms with Crippen molar-refractivity contribution in [3.8, 4) is 0 Å². The molecule has 2 aromatic rings. The lowest BCUT2D eigenvalue weighted by atomic mass is 10.0. The van der Waals surface area contributed by atoms with Crippen molar-refractivity contribution >= 4 is 23.4 Å². The van der Waals surface area contributed by atoms with Crippen molar-refractivity contribution in [2.24, 2.45) is 5.92 Å². The van der Waals surface area contributed by atoms with E-state index in [9.17, 15) is 9.59 Å². The molecule has 0 aromatic heterocycles. The molecule has 6 heteroatoms. The van der Waals surface area contributed by atoms with Gasteiger partial charge in [-0.1, -0.05) is 67.9 Å². The molecule has 0 fully saturated rings. The van der Waals surface area contributed by atoms with Gasteiger partial charge in [-0.25, -0.2) is 5.48 Å². The molecule has 2 amide bonds. The topological polar surface area (TPSA) is 67.4 Å². The van der Waals surface area contributed by atoms with Crippen molar-refractivity contribution in [3.05, 3.63) is 70.7 Å². The number of amides is 2. The third kappa shape index (κ3) is 5.59. The first-order valence-corrected chi connectivity index (χ1v) is 8.37. The number of nitrogens with one attached hydrogen (secondary N) is 2. The normalized spacial score (nSPS) is 11.8. The Hall–Kier alpha value is -2.37. The maximum Gasteiger partial charge on any atom is 0.266 e. The van der Waals surface area contributed by atoms with Crippen LogP contribution >= 0.6 is 11.6 Å². The van der Waals surface area contributed by atoms with Gasteiger partial charge in [-0.3, -0.25) is 14.4 Å². The van der Waals surface area contributed by atoms with Gasteiger partial charge in [-0.2, -0.15) is 0 Å². The molecule has 132 valence electrons. The zero-order valence-electron chi connectivity index (χ0n) is 14.2. The third-order valence-electron chi connectivity index (χ3n) is 3.61. The van der Waals surface area contributed by atoms with Crippen molar-refractivity contribution in [1.29, 1.82) is 0 Å². The van der Waals surface area contributed by atoms with Gasteiger partial charge in [0.2, 0.25) is 0 Å². The van der Waals surface area contributed by atoms with E-state index in [0.717, 1.165) is 5.56 Å². The number of carbonyl (C=O) groups excluding carboxylic acids is 2. The molecule has 1 unspecified atom stereocenters. The molecule has 0 saturated heterocycles. The summed E-state index contributed by atoms with van der Waals surface area (Å²) in [4.78, 5) is 30.0. The van der Waals surface area contributed by atoms with Crippen LogP contribution in [0.3, 0.4) is 0 Å². The highest BCUT2D eigenvalue weighted by Gasteiger charge is 2.25. The highest BCUT2D eigenvalue weighted by atomic mass is 35.5. The molecule has 0 aliphatic carbocycles. The molecular weight excluding hydrogens is 340 g/mol. The molecule has 0 aliphatic rings. The number of carbonyl (C=O) groups is 2. The molecule has 2 N–H and O–H groups in total. The summed E-state index contributed by atoms with van der Waals surface area (Å²) in [6.45, 7) is 3.93. The maximum atomic E-state index is 12.4. The van der Waals surface area contributed by atoms with Gasteiger partial charge in [-0.15, -0.1) is 0 Å². The Morgan fingerprint density at radius 2 is 1.68 bits per heavy atom. The second-order valence-electron chi connectivity index (χ2n) is 5.92. The fourth-order valence-electron chi connectivity index (χ4n) is 2.23. The first-order valence-electron chi connectivity index (χ1n) is 8.00. The fraction of sp³-hybridized carbons (Fsp3) is 0.263. The van der Waals surface area contributed by atoms with E-state index in [1.54, 1.807) is 24.3 Å². The van der Waals surface area contributed by atoms with E-state index in [0.29, 0.717) is 10.6 Å². The number of hydrogen-bond acceptors (Lipinski definition) is 3. The molecular formula is C19H21ClN2O3. The number of hydroxylamine groups is 1. The minimum Gasteiger partial charge on any atom is -0.340 e. The highest BCUT2D eigenvalue weighted by molar-refractivity contribution is 6.33. The Kier molecular flexibility index (Phi) is 6.98. The third-order valence-corrected chi connectivity index (χ3v) is 3.94. The summed E-state index contributed by atoms with van der Waals surface area (Å²) < 4.78 is 0. The van der Waals surface area contributed by atoms with E-state index in [1.807, 2.05) is 44.2 Å². The van der Waals surface area contributed by atoms with Gasteiger partial charge >= 0.3 is 0 Å². The standard InChI is InChI=1S/C19H21ClN2O3/c1-13(2)17(21-18(23)15-10-6-7-11-16(15)20)19(24)22-25-12-14-8-4-3-5-9-14/h3-11,13,17H,12H2,1-2H3,(H,21,23)(H,22,24). The van der Waals surface area contributed by atoms with Gasteiger partial charge < -0.3 is 5.32 Å². The summed E-state index contributed by atoms with van der Waals surface area (Å²) in [5, 5.41) is 3.04. The Morgan fingerprint density at radius 1 is 1.04 bits per heavy atom. The summed E-state index contributed by atoms with van der Waals surface area (Å²) in [6.07, 6.45) is 0. The Morgan fingerprint density at radius 3 is 2.32 bits per heavy atom. The average molecular weight is 361 g/mol. The Bertz CT molecular complexity index is 720. The van der Waals surface area contributed by atoms with Crippen LogP contribution in [0.15, 0.2) is 54.6 Å². The first kappa shape index (κ1) is 19.0. The van der Waals surface area contributed by atoms with Crippen LogP contribution in [0.1, 0.15) is 29.8 Å². The van der Waals surface area contributed by atoms with E-state index >= 15 is 0 Å². The van der Waals surface area contributed by atoms with E-state index in [4.69, 9.17) is 16.4 Å². The second-order valence-corrected chi connectivity index (χ2v) is 6.32. The number of halogens is 1. The maximum absolute atomic E-state index is 12.4. The van der Waals surface area contributed by atoms with Crippen molar-refractivity contribution in [1.82, 2.24) is 10.8 Å². The zero-order chi connectivity index (χ0) is 18.2. The van der Waals surface area contributed by atoms with Crippen LogP contribution in [0.25, 0.3) is 0 Å². The van der Waals surface area contributed by atoms with E-state index < -0.39 is 17.9 Å². The lowest BCUT2D eigenvalue weighted by Crippen LogP contribution is -2.49. The summed E-state index contributed by atoms with van der Waals surface area (Å²) in [6, 6.07) is 15.4. The van der Waals surface area contributed by atoms with Crippen LogP contribution in [-0.2, 0) is 16.2 Å². The van der Waals surface area contributed by atoms with Crippen LogP contribution in [0.5, 0.6) is 0 Å². The Balaban J connectivity index is 1.94. The molecule has 2 rings (SSSR count). The van der Waals surface area contributed by atoms with Gasteiger partial charge in [-0.05, 0) is 23.6 Å². The second kappa shape index (κ2) is 9.20. The van der Waals surface area contributed by atoms with Crippen LogP contribution in [0, 0.1) is 5.92 Å². The largest absolute Gasteiger partial charge is 0.340 e. The van der Waals surface area contributed by atoms with E-state index in [1.165, 1.54) is 0 Å². The predicted molar refractivity (Wildman–Crippen MR) is 96.9 cm³/mol. The molecule has 0 aliphatic heterocycles. The van der Waals surface area contributed by atoms with Crippen molar-refractivity contribution in [3.63, 3.8) is 0 Å². The number of rotatable bonds is 7. The van der Waals surface area contributed by atoms with Crippen molar-refractivity contribution in [2.75, 3.05) is 0 Å². The van der Waals surface area contributed by atoms with Crippen LogP contribution in [0.4, 0.5) is 0 Å². The van der Waals surface area contributed by atoms with Gasteiger partial charge in [0, 0.05) is 0 Å². The van der Waals surface area contributed by atoms with Gasteiger partial charge in [0.1, 0.15) is 6.04 Å². The highest BCUT2D eigenvalue weighted by Crippen LogP contribution is 2.15. The summed E-state index contributed by atoms with van der Waals surface area (Å²) >= 11 is 6.03. The molecule has 1 atom stereocenters. The summed E-state index contributed by atoms with van der Waals surface area (Å²) in [5.74, 6) is -0.930. The fourth-order valence-corrected chi connectivity index (χ4v) is 2.45. The quantitative estimate of drug-likeness (QED) is 0.744. The van der Waals surface area contributed by atoms with E-state index in [-0.39, 0.29) is 12.5 Å². The first-order chi connectivity index (χ1) is 12.0. The zero-order valence-corrected chi connectivity index (χ0v) is 14.9. The average Bonchev–Trinajstić information content (AvgIpc) is 2.60. The van der Waals surface area contributed by atoms with Crippen LogP contribution in [-0.4, -0.2) is 17.9 Å². The monoisotopic (exact) mass is 360 g/mol. The minimum absolute atomic E-state index is 0.119.